The van der Waals surface area contributed by atoms with Gasteiger partial charge in [0, 0.05) is 67.4 Å². The van der Waals surface area contributed by atoms with Crippen molar-refractivity contribution in [1.82, 2.24) is 25.0 Å². The van der Waals surface area contributed by atoms with Gasteiger partial charge in [-0.05, 0) is 48.9 Å². The number of benzene rings is 2. The highest BCUT2D eigenvalue weighted by molar-refractivity contribution is 6.00. The monoisotopic (exact) mass is 527 g/mol. The third-order valence-corrected chi connectivity index (χ3v) is 6.40. The fraction of sp³-hybridized carbons (Fsp3) is 0.185. The number of pyridine rings is 1. The maximum Gasteiger partial charge on any atom is 0.269 e. The van der Waals surface area contributed by atoms with Crippen LogP contribution in [0.25, 0.3) is 11.1 Å². The number of nitro groups is 1. The summed E-state index contributed by atoms with van der Waals surface area (Å²) in [5.74, 6) is 0.555. The van der Waals surface area contributed by atoms with Gasteiger partial charge in [-0.2, -0.15) is 5.10 Å². The van der Waals surface area contributed by atoms with E-state index in [0.717, 1.165) is 11.1 Å². The Kier molecular flexibility index (Phi) is 6.91. The first kappa shape index (κ1) is 25.4. The number of aryl methyl sites for hydroxylation is 1. The molecule has 198 valence electrons. The lowest BCUT2D eigenvalue weighted by Crippen LogP contribution is -2.38. The molecule has 2 aromatic heterocycles. The second-order valence-corrected chi connectivity index (χ2v) is 9.15. The minimum atomic E-state index is -0.480. The van der Waals surface area contributed by atoms with Crippen molar-refractivity contribution >= 4 is 23.3 Å². The predicted molar refractivity (Wildman–Crippen MR) is 142 cm³/mol. The van der Waals surface area contributed by atoms with Gasteiger partial charge in [0.1, 0.15) is 17.3 Å². The van der Waals surface area contributed by atoms with Crippen LogP contribution in [0.4, 0.5) is 11.5 Å². The number of non-ortho nitro benzene ring substituents is 1. The van der Waals surface area contributed by atoms with Crippen LogP contribution in [0.5, 0.6) is 11.5 Å². The molecule has 2 amide bonds. The number of hydrogen-bond donors (Lipinski definition) is 2. The van der Waals surface area contributed by atoms with Gasteiger partial charge in [-0.1, -0.05) is 0 Å². The molecular formula is C27H25N7O5. The fourth-order valence-electron chi connectivity index (χ4n) is 4.33. The molecule has 12 nitrogen and oxygen atoms in total. The molecule has 0 aliphatic carbocycles. The van der Waals surface area contributed by atoms with Crippen LogP contribution in [-0.4, -0.2) is 55.5 Å². The smallest absolute Gasteiger partial charge is 0.269 e. The maximum atomic E-state index is 13.0. The average Bonchev–Trinajstić information content (AvgIpc) is 3.58. The molecule has 0 radical (unpaired) electrons. The molecule has 1 saturated heterocycles. The van der Waals surface area contributed by atoms with Crippen molar-refractivity contribution in [2.45, 2.75) is 12.5 Å². The van der Waals surface area contributed by atoms with Crippen LogP contribution in [0.2, 0.25) is 0 Å². The summed E-state index contributed by atoms with van der Waals surface area (Å²) in [5, 5.41) is 17.9. The Morgan fingerprint density at radius 1 is 1.08 bits per heavy atom. The van der Waals surface area contributed by atoms with Crippen LogP contribution in [0.3, 0.4) is 0 Å². The number of anilines is 1. The van der Waals surface area contributed by atoms with Crippen LogP contribution >= 0.6 is 0 Å². The van der Waals surface area contributed by atoms with E-state index in [9.17, 15) is 19.7 Å². The minimum Gasteiger partial charge on any atom is -0.457 e. The van der Waals surface area contributed by atoms with Crippen molar-refractivity contribution in [3.05, 3.63) is 94.4 Å². The molecule has 0 bridgehead atoms. The Labute approximate surface area is 223 Å². The molecule has 12 heteroatoms. The van der Waals surface area contributed by atoms with Crippen LogP contribution in [0.15, 0.2) is 73.2 Å². The number of nitrogens with two attached hydrogens (primary N) is 1. The number of ether oxygens (including phenoxy) is 1. The third kappa shape index (κ3) is 5.69. The van der Waals surface area contributed by atoms with Gasteiger partial charge in [-0.15, -0.1) is 0 Å². The molecule has 4 aromatic rings. The quantitative estimate of drug-likeness (QED) is 0.273. The minimum absolute atomic E-state index is 0.0261. The van der Waals surface area contributed by atoms with Gasteiger partial charge in [-0.25, -0.2) is 4.98 Å². The predicted octanol–water partition coefficient (Wildman–Crippen LogP) is 3.41. The Morgan fingerprint density at radius 2 is 1.77 bits per heavy atom. The first-order chi connectivity index (χ1) is 18.8. The number of hydrogen-bond acceptors (Lipinski definition) is 8. The molecule has 0 spiro atoms. The van der Waals surface area contributed by atoms with Crippen LogP contribution in [0.1, 0.15) is 27.1 Å². The average molecular weight is 528 g/mol. The third-order valence-electron chi connectivity index (χ3n) is 6.40. The van der Waals surface area contributed by atoms with E-state index in [1.807, 2.05) is 6.20 Å². The van der Waals surface area contributed by atoms with Gasteiger partial charge in [-0.3, -0.25) is 24.4 Å². The summed E-state index contributed by atoms with van der Waals surface area (Å²) in [6, 6.07) is 13.8. The van der Waals surface area contributed by atoms with E-state index in [0.29, 0.717) is 36.6 Å². The molecule has 0 saturated carbocycles. The topological polar surface area (TPSA) is 159 Å². The standard InChI is InChI=1S/C27H25N7O5/c1-32-15-19(14-30-32)18-12-24(25(28)29-13-18)26(35)31-20-10-11-33(16-20)27(36)17-2-6-22(7-3-17)39-23-8-4-21(5-9-23)34(37)38/h2-9,12-15,20H,10-11,16H2,1H3,(H2,28,29)(H,31,35)/t20-/m1/s1. The first-order valence-electron chi connectivity index (χ1n) is 12.1. The highest BCUT2D eigenvalue weighted by atomic mass is 16.6. The van der Waals surface area contributed by atoms with Crippen molar-refractivity contribution in [2.75, 3.05) is 18.8 Å². The van der Waals surface area contributed by atoms with Crippen molar-refractivity contribution in [3.8, 4) is 22.6 Å². The molecule has 1 atom stereocenters. The largest absolute Gasteiger partial charge is 0.457 e. The van der Waals surface area contributed by atoms with E-state index >= 15 is 0 Å². The highest BCUT2D eigenvalue weighted by Gasteiger charge is 2.29. The normalized spacial score (nSPS) is 14.7. The molecule has 1 fully saturated rings. The molecule has 1 aliphatic rings. The van der Waals surface area contributed by atoms with E-state index < -0.39 is 4.92 Å². The second kappa shape index (κ2) is 10.6. The summed E-state index contributed by atoms with van der Waals surface area (Å²) in [7, 11) is 1.80. The van der Waals surface area contributed by atoms with Gasteiger partial charge >= 0.3 is 0 Å². The summed E-state index contributed by atoms with van der Waals surface area (Å²) >= 11 is 0. The molecule has 2 aromatic carbocycles. The van der Waals surface area contributed by atoms with Gasteiger partial charge in [0.05, 0.1) is 16.7 Å². The summed E-state index contributed by atoms with van der Waals surface area (Å²) in [6.07, 6.45) is 5.71. The number of carbonyl (C=O) groups excluding carboxylic acids is 2. The van der Waals surface area contributed by atoms with Crippen LogP contribution < -0.4 is 15.8 Å². The Hall–Kier alpha value is -5.26. The van der Waals surface area contributed by atoms with Gasteiger partial charge in [0.15, 0.2) is 0 Å². The number of nitrogens with zero attached hydrogens (tertiary/aromatic N) is 5. The molecule has 3 N–H and O–H groups in total. The number of carbonyl (C=O) groups is 2. The van der Waals surface area contributed by atoms with E-state index in [-0.39, 0.29) is 34.9 Å². The molecule has 0 unspecified atom stereocenters. The summed E-state index contributed by atoms with van der Waals surface area (Å²) in [6.45, 7) is 0.857. The van der Waals surface area contributed by atoms with Crippen molar-refractivity contribution in [2.24, 2.45) is 7.05 Å². The van der Waals surface area contributed by atoms with Crippen LogP contribution in [-0.2, 0) is 7.05 Å². The number of nitrogens with one attached hydrogen (secondary N) is 1. The van der Waals surface area contributed by atoms with E-state index in [2.05, 4.69) is 15.4 Å². The van der Waals surface area contributed by atoms with Crippen molar-refractivity contribution in [1.29, 1.82) is 0 Å². The zero-order valence-electron chi connectivity index (χ0n) is 21.0. The van der Waals surface area contributed by atoms with Crippen molar-refractivity contribution in [3.63, 3.8) is 0 Å². The fourth-order valence-corrected chi connectivity index (χ4v) is 4.33. The lowest BCUT2D eigenvalue weighted by Gasteiger charge is -2.18. The summed E-state index contributed by atoms with van der Waals surface area (Å²) in [4.78, 5) is 42.2. The lowest BCUT2D eigenvalue weighted by atomic mass is 10.1. The van der Waals surface area contributed by atoms with E-state index in [4.69, 9.17) is 10.5 Å². The van der Waals surface area contributed by atoms with Gasteiger partial charge in [0.2, 0.25) is 0 Å². The Balaban J connectivity index is 1.18. The highest BCUT2D eigenvalue weighted by Crippen LogP contribution is 2.25. The molecule has 3 heterocycles. The van der Waals surface area contributed by atoms with E-state index in [1.165, 1.54) is 24.3 Å². The number of nitro benzene ring substituents is 1. The molecular weight excluding hydrogens is 502 g/mol. The number of amides is 2. The zero-order valence-corrected chi connectivity index (χ0v) is 21.0. The Morgan fingerprint density at radius 3 is 2.41 bits per heavy atom. The van der Waals surface area contributed by atoms with E-state index in [1.54, 1.807) is 59.4 Å². The van der Waals surface area contributed by atoms with Gasteiger partial charge in [0.25, 0.3) is 17.5 Å². The van der Waals surface area contributed by atoms with Gasteiger partial charge < -0.3 is 20.7 Å². The molecule has 5 rings (SSSR count). The number of nitrogen functional groups attached to an aromatic ring is 1. The maximum absolute atomic E-state index is 13.0. The second-order valence-electron chi connectivity index (χ2n) is 9.15. The zero-order chi connectivity index (χ0) is 27.5. The molecule has 39 heavy (non-hydrogen) atoms. The first-order valence-corrected chi connectivity index (χ1v) is 12.1. The number of rotatable bonds is 7. The van der Waals surface area contributed by atoms with Crippen molar-refractivity contribution < 1.29 is 19.2 Å². The number of likely N-dealkylation sites (tertiary alicyclic amines) is 1. The SMILES string of the molecule is Cn1cc(-c2cnc(N)c(C(=O)N[C@@H]3CCN(C(=O)c4ccc(Oc5ccc([N+](=O)[O-])cc5)cc4)C3)c2)cn1. The Bertz CT molecular complexity index is 1530. The lowest BCUT2D eigenvalue weighted by molar-refractivity contribution is -0.384. The summed E-state index contributed by atoms with van der Waals surface area (Å²) < 4.78 is 7.37. The van der Waals surface area contributed by atoms with Crippen LogP contribution in [0, 0.1) is 10.1 Å². The molecule has 1 aliphatic heterocycles. The summed E-state index contributed by atoms with van der Waals surface area (Å²) in [5.41, 5.74) is 8.26. The number of aromatic nitrogens is 3.